The molecule has 4 nitrogen and oxygen atoms in total. The molecular formula is C19H27N3O. The molecule has 0 saturated carbocycles. The van der Waals surface area contributed by atoms with Gasteiger partial charge in [-0.15, -0.1) is 0 Å². The topological polar surface area (TPSA) is 38.1 Å². The lowest BCUT2D eigenvalue weighted by Gasteiger charge is -2.15. The second kappa shape index (κ2) is 7.16. The Labute approximate surface area is 138 Å². The number of imidazole rings is 1. The van der Waals surface area contributed by atoms with Crippen LogP contribution in [0.2, 0.25) is 0 Å². The fraction of sp³-hybridized carbons (Fsp3) is 0.579. The van der Waals surface area contributed by atoms with Crippen LogP contribution in [0.3, 0.4) is 0 Å². The number of amides is 1. The summed E-state index contributed by atoms with van der Waals surface area (Å²) in [6.07, 6.45) is 5.58. The normalized spacial score (nSPS) is 18.3. The number of likely N-dealkylation sites (tertiary alicyclic amines) is 1. The Morgan fingerprint density at radius 1 is 1.17 bits per heavy atom. The number of aromatic nitrogens is 2. The summed E-state index contributed by atoms with van der Waals surface area (Å²) in [7, 11) is 0. The van der Waals surface area contributed by atoms with Crippen molar-refractivity contribution in [2.75, 3.05) is 13.1 Å². The number of aryl methyl sites for hydroxylation is 1. The largest absolute Gasteiger partial charge is 0.342 e. The second-order valence-corrected chi connectivity index (χ2v) is 6.50. The third kappa shape index (κ3) is 3.26. The highest BCUT2D eigenvalue weighted by Gasteiger charge is 2.32. The van der Waals surface area contributed by atoms with Crippen molar-refractivity contribution >= 4 is 16.9 Å². The van der Waals surface area contributed by atoms with Gasteiger partial charge in [-0.2, -0.15) is 0 Å². The molecular weight excluding hydrogens is 286 g/mol. The van der Waals surface area contributed by atoms with Crippen molar-refractivity contribution in [1.82, 2.24) is 14.5 Å². The molecule has 0 N–H and O–H groups in total. The van der Waals surface area contributed by atoms with Crippen LogP contribution in [0.5, 0.6) is 0 Å². The number of carbonyl (C=O) groups excluding carboxylic acids is 1. The Morgan fingerprint density at radius 3 is 2.74 bits per heavy atom. The number of hydrogen-bond acceptors (Lipinski definition) is 2. The van der Waals surface area contributed by atoms with Gasteiger partial charge in [-0.05, 0) is 25.5 Å². The number of benzene rings is 1. The van der Waals surface area contributed by atoms with Crippen LogP contribution in [-0.2, 0) is 11.3 Å². The van der Waals surface area contributed by atoms with Crippen LogP contribution >= 0.6 is 0 Å². The van der Waals surface area contributed by atoms with Crippen LogP contribution < -0.4 is 0 Å². The minimum Gasteiger partial charge on any atom is -0.342 e. The molecule has 2 heterocycles. The maximum absolute atomic E-state index is 12.1. The first-order valence-corrected chi connectivity index (χ1v) is 8.97. The predicted octanol–water partition coefficient (Wildman–Crippen LogP) is 3.95. The van der Waals surface area contributed by atoms with Crippen molar-refractivity contribution in [3.05, 3.63) is 30.1 Å². The first kappa shape index (κ1) is 16.0. The minimum absolute atomic E-state index is 0.237. The predicted molar refractivity (Wildman–Crippen MR) is 93.5 cm³/mol. The second-order valence-electron chi connectivity index (χ2n) is 6.50. The molecule has 4 heteroatoms. The number of carbonyl (C=O) groups is 1. The lowest BCUT2D eigenvalue weighted by atomic mass is 10.1. The van der Waals surface area contributed by atoms with Crippen LogP contribution in [0, 0.1) is 0 Å². The van der Waals surface area contributed by atoms with Gasteiger partial charge in [0.2, 0.25) is 5.91 Å². The van der Waals surface area contributed by atoms with Crippen molar-refractivity contribution in [3.8, 4) is 0 Å². The average molecular weight is 313 g/mol. The van der Waals surface area contributed by atoms with Gasteiger partial charge in [0.15, 0.2) is 0 Å². The van der Waals surface area contributed by atoms with E-state index in [1.807, 2.05) is 17.9 Å². The third-order valence-electron chi connectivity index (χ3n) is 4.88. The number of rotatable bonds is 7. The van der Waals surface area contributed by atoms with Gasteiger partial charge in [0, 0.05) is 32.0 Å². The summed E-state index contributed by atoms with van der Waals surface area (Å²) in [5.41, 5.74) is 2.27. The van der Waals surface area contributed by atoms with E-state index in [-0.39, 0.29) is 11.8 Å². The summed E-state index contributed by atoms with van der Waals surface area (Å²) in [4.78, 5) is 18.9. The van der Waals surface area contributed by atoms with Crippen LogP contribution in [0.4, 0.5) is 0 Å². The van der Waals surface area contributed by atoms with Gasteiger partial charge in [-0.3, -0.25) is 4.79 Å². The molecule has 1 atom stereocenters. The van der Waals surface area contributed by atoms with Crippen LogP contribution in [0.15, 0.2) is 24.3 Å². The monoisotopic (exact) mass is 313 g/mol. The maximum atomic E-state index is 12.1. The van der Waals surface area contributed by atoms with E-state index in [4.69, 9.17) is 4.98 Å². The average Bonchev–Trinajstić information content (AvgIpc) is 3.12. The Morgan fingerprint density at radius 2 is 2.00 bits per heavy atom. The smallest absolute Gasteiger partial charge is 0.223 e. The first-order chi connectivity index (χ1) is 11.2. The van der Waals surface area contributed by atoms with Gasteiger partial charge in [0.25, 0.3) is 0 Å². The summed E-state index contributed by atoms with van der Waals surface area (Å²) in [6.45, 7) is 6.90. The Bertz CT molecular complexity index is 676. The summed E-state index contributed by atoms with van der Waals surface area (Å²) < 4.78 is 2.36. The van der Waals surface area contributed by atoms with Crippen molar-refractivity contribution < 1.29 is 4.79 Å². The van der Waals surface area contributed by atoms with Crippen LogP contribution in [0.25, 0.3) is 11.0 Å². The molecule has 1 fully saturated rings. The van der Waals surface area contributed by atoms with Gasteiger partial charge < -0.3 is 9.47 Å². The van der Waals surface area contributed by atoms with Gasteiger partial charge in [-0.1, -0.05) is 38.3 Å². The molecule has 0 radical (unpaired) electrons. The van der Waals surface area contributed by atoms with Crippen LogP contribution in [-0.4, -0.2) is 33.4 Å². The number of para-hydroxylation sites is 2. The number of nitrogens with zero attached hydrogens (tertiary/aromatic N) is 3. The minimum atomic E-state index is 0.237. The van der Waals surface area contributed by atoms with E-state index in [2.05, 4.69) is 29.7 Å². The lowest BCUT2D eigenvalue weighted by molar-refractivity contribution is -0.127. The van der Waals surface area contributed by atoms with Gasteiger partial charge in [-0.25, -0.2) is 4.98 Å². The number of hydrogen-bond donors (Lipinski definition) is 0. The maximum Gasteiger partial charge on any atom is 0.223 e. The quantitative estimate of drug-likeness (QED) is 0.726. The molecule has 1 aromatic carbocycles. The number of fused-ring (bicyclic) bond motifs is 1. The lowest BCUT2D eigenvalue weighted by Crippen LogP contribution is -2.24. The Hall–Kier alpha value is -1.84. The molecule has 1 aliphatic heterocycles. The standard InChI is InChI=1S/C19H27N3O/c1-3-5-6-9-12-22-17-11-8-7-10-16(17)20-19(22)15-13-18(23)21(4-2)14-15/h7-8,10-11,15H,3-6,9,12-14H2,1-2H3. The third-order valence-corrected chi connectivity index (χ3v) is 4.88. The fourth-order valence-corrected chi connectivity index (χ4v) is 3.59. The van der Waals surface area contributed by atoms with E-state index >= 15 is 0 Å². The van der Waals surface area contributed by atoms with Crippen molar-refractivity contribution in [2.24, 2.45) is 0 Å². The zero-order valence-corrected chi connectivity index (χ0v) is 14.3. The SMILES string of the molecule is CCCCCCn1c(C2CC(=O)N(CC)C2)nc2ccccc21. The molecule has 3 rings (SSSR count). The van der Waals surface area contributed by atoms with Crippen molar-refractivity contribution in [1.29, 1.82) is 0 Å². The highest BCUT2D eigenvalue weighted by atomic mass is 16.2. The molecule has 1 aliphatic rings. The first-order valence-electron chi connectivity index (χ1n) is 8.97. The zero-order chi connectivity index (χ0) is 16.2. The molecule has 0 bridgehead atoms. The molecule has 23 heavy (non-hydrogen) atoms. The number of unbranched alkanes of at least 4 members (excludes halogenated alkanes) is 3. The fourth-order valence-electron chi connectivity index (χ4n) is 3.59. The van der Waals surface area contributed by atoms with Crippen LogP contribution in [0.1, 0.15) is 57.7 Å². The Kier molecular flexibility index (Phi) is 4.99. The molecule has 124 valence electrons. The van der Waals surface area contributed by atoms with Gasteiger partial charge in [0.1, 0.15) is 5.82 Å². The molecule has 1 amide bonds. The zero-order valence-electron chi connectivity index (χ0n) is 14.3. The summed E-state index contributed by atoms with van der Waals surface area (Å²) in [5, 5.41) is 0. The molecule has 2 aromatic rings. The molecule has 0 aliphatic carbocycles. The van der Waals surface area contributed by atoms with E-state index in [1.165, 1.54) is 31.2 Å². The summed E-state index contributed by atoms with van der Waals surface area (Å²) in [5.74, 6) is 1.61. The Balaban J connectivity index is 1.88. The molecule has 1 unspecified atom stereocenters. The summed E-state index contributed by atoms with van der Waals surface area (Å²) in [6, 6.07) is 8.35. The van der Waals surface area contributed by atoms with Gasteiger partial charge in [0.05, 0.1) is 11.0 Å². The van der Waals surface area contributed by atoms with E-state index in [0.717, 1.165) is 31.0 Å². The number of likely N-dealkylation sites (N-methyl/N-ethyl adjacent to an activating group) is 1. The molecule has 1 saturated heterocycles. The van der Waals surface area contributed by atoms with E-state index in [0.29, 0.717) is 6.42 Å². The van der Waals surface area contributed by atoms with E-state index in [9.17, 15) is 4.79 Å². The van der Waals surface area contributed by atoms with E-state index < -0.39 is 0 Å². The van der Waals surface area contributed by atoms with Crippen molar-refractivity contribution in [2.45, 2.75) is 58.4 Å². The van der Waals surface area contributed by atoms with E-state index in [1.54, 1.807) is 0 Å². The highest BCUT2D eigenvalue weighted by molar-refractivity contribution is 5.80. The summed E-state index contributed by atoms with van der Waals surface area (Å²) >= 11 is 0. The van der Waals surface area contributed by atoms with Gasteiger partial charge >= 0.3 is 0 Å². The van der Waals surface area contributed by atoms with Crippen molar-refractivity contribution in [3.63, 3.8) is 0 Å². The molecule has 0 spiro atoms. The highest BCUT2D eigenvalue weighted by Crippen LogP contribution is 2.30. The molecule has 1 aromatic heterocycles.